The number of carbonyl (C=O) groups excluding carboxylic acids is 1. The van der Waals surface area contributed by atoms with Gasteiger partial charge in [0.05, 0.1) is 5.92 Å². The van der Waals surface area contributed by atoms with Crippen LogP contribution in [0.5, 0.6) is 0 Å². The van der Waals surface area contributed by atoms with Crippen LogP contribution in [0.2, 0.25) is 0 Å². The van der Waals surface area contributed by atoms with Gasteiger partial charge in [-0.2, -0.15) is 0 Å². The Hall–Kier alpha value is -0.610. The number of amides is 1. The van der Waals surface area contributed by atoms with Crippen LogP contribution < -0.4 is 11.1 Å². The number of hydrogen-bond acceptors (Lipinski definition) is 3. The van der Waals surface area contributed by atoms with Crippen molar-refractivity contribution in [1.29, 1.82) is 0 Å². The summed E-state index contributed by atoms with van der Waals surface area (Å²) in [6.07, 6.45) is 4.16. The Labute approximate surface area is 105 Å². The molecule has 4 heteroatoms. The predicted molar refractivity (Wildman–Crippen MR) is 70.7 cm³/mol. The van der Waals surface area contributed by atoms with E-state index in [2.05, 4.69) is 24.2 Å². The second-order valence-electron chi connectivity index (χ2n) is 5.49. The van der Waals surface area contributed by atoms with Gasteiger partial charge in [0.1, 0.15) is 0 Å². The molecule has 0 heterocycles. The fraction of sp³-hybridized carbons (Fsp3) is 0.923. The second-order valence-corrected chi connectivity index (χ2v) is 5.49. The number of hydrogen-bond donors (Lipinski definition) is 2. The van der Waals surface area contributed by atoms with Crippen molar-refractivity contribution in [3.8, 4) is 0 Å². The molecular formula is C13H27N3O. The summed E-state index contributed by atoms with van der Waals surface area (Å²) in [5, 5.41) is 3.01. The summed E-state index contributed by atoms with van der Waals surface area (Å²) >= 11 is 0. The third-order valence-electron chi connectivity index (χ3n) is 3.90. The predicted octanol–water partition coefficient (Wildman–Crippen LogP) is 0.962. The molecule has 0 aromatic heterocycles. The molecule has 0 radical (unpaired) electrons. The van der Waals surface area contributed by atoms with Crippen LogP contribution in [0.1, 0.15) is 39.5 Å². The molecule has 1 rings (SSSR count). The van der Waals surface area contributed by atoms with Crippen molar-refractivity contribution in [2.24, 2.45) is 11.7 Å². The first-order chi connectivity index (χ1) is 7.97. The summed E-state index contributed by atoms with van der Waals surface area (Å²) in [4.78, 5) is 14.3. The summed E-state index contributed by atoms with van der Waals surface area (Å²) in [6, 6.07) is 0. The molecule has 1 saturated carbocycles. The van der Waals surface area contributed by atoms with Crippen molar-refractivity contribution in [3.05, 3.63) is 0 Å². The van der Waals surface area contributed by atoms with Gasteiger partial charge in [-0.3, -0.25) is 4.79 Å². The smallest absolute Gasteiger partial charge is 0.225 e. The molecule has 2 atom stereocenters. The molecule has 0 spiro atoms. The lowest BCUT2D eigenvalue weighted by Gasteiger charge is -2.37. The summed E-state index contributed by atoms with van der Waals surface area (Å²) in [5.41, 5.74) is 5.89. The van der Waals surface area contributed by atoms with Gasteiger partial charge in [0.2, 0.25) is 5.91 Å². The van der Waals surface area contributed by atoms with Crippen molar-refractivity contribution in [2.75, 3.05) is 26.7 Å². The second kappa shape index (κ2) is 6.36. The van der Waals surface area contributed by atoms with Crippen LogP contribution in [-0.4, -0.2) is 43.0 Å². The highest BCUT2D eigenvalue weighted by Gasteiger charge is 2.37. The lowest BCUT2D eigenvalue weighted by Crippen LogP contribution is -2.53. The van der Waals surface area contributed by atoms with Crippen LogP contribution in [0.25, 0.3) is 0 Å². The van der Waals surface area contributed by atoms with E-state index in [1.165, 1.54) is 0 Å². The van der Waals surface area contributed by atoms with Gasteiger partial charge in [-0.15, -0.1) is 0 Å². The van der Waals surface area contributed by atoms with Gasteiger partial charge in [0.15, 0.2) is 0 Å². The molecule has 17 heavy (non-hydrogen) atoms. The molecule has 1 aliphatic carbocycles. The van der Waals surface area contributed by atoms with Crippen LogP contribution in [0.3, 0.4) is 0 Å². The maximum Gasteiger partial charge on any atom is 0.225 e. The highest BCUT2D eigenvalue weighted by molar-refractivity contribution is 5.80. The number of likely N-dealkylation sites (N-methyl/N-ethyl adjacent to an activating group) is 1. The minimum atomic E-state index is -0.320. The molecule has 0 bridgehead atoms. The molecule has 3 N–H and O–H groups in total. The lowest BCUT2D eigenvalue weighted by molar-refractivity contribution is -0.128. The van der Waals surface area contributed by atoms with Crippen molar-refractivity contribution >= 4 is 5.91 Å². The van der Waals surface area contributed by atoms with Crippen molar-refractivity contribution in [2.45, 2.75) is 45.1 Å². The Morgan fingerprint density at radius 3 is 2.82 bits per heavy atom. The first-order valence-electron chi connectivity index (χ1n) is 6.72. The van der Waals surface area contributed by atoms with Crippen LogP contribution in [0.4, 0.5) is 0 Å². The quantitative estimate of drug-likeness (QED) is 0.754. The Bertz CT molecular complexity index is 253. The maximum atomic E-state index is 12.1. The Morgan fingerprint density at radius 1 is 1.53 bits per heavy atom. The highest BCUT2D eigenvalue weighted by Crippen LogP contribution is 2.31. The van der Waals surface area contributed by atoms with E-state index >= 15 is 0 Å². The van der Waals surface area contributed by atoms with Crippen LogP contribution in [0, 0.1) is 5.92 Å². The monoisotopic (exact) mass is 241 g/mol. The van der Waals surface area contributed by atoms with Crippen LogP contribution >= 0.6 is 0 Å². The van der Waals surface area contributed by atoms with Gasteiger partial charge in [-0.1, -0.05) is 19.8 Å². The zero-order valence-corrected chi connectivity index (χ0v) is 11.5. The van der Waals surface area contributed by atoms with E-state index in [1.807, 2.05) is 6.92 Å². The van der Waals surface area contributed by atoms with Gasteiger partial charge in [-0.25, -0.2) is 0 Å². The third kappa shape index (κ3) is 4.28. The Morgan fingerprint density at radius 2 is 2.24 bits per heavy atom. The van der Waals surface area contributed by atoms with Crippen LogP contribution in [-0.2, 0) is 4.79 Å². The fourth-order valence-electron chi connectivity index (χ4n) is 2.44. The molecule has 1 aliphatic rings. The van der Waals surface area contributed by atoms with Crippen molar-refractivity contribution in [3.63, 3.8) is 0 Å². The van der Waals surface area contributed by atoms with E-state index in [-0.39, 0.29) is 17.4 Å². The van der Waals surface area contributed by atoms with Gasteiger partial charge in [0.25, 0.3) is 0 Å². The SMILES string of the molecule is CCN(C)CCNC(=O)C1CCCCC1(C)N. The van der Waals surface area contributed by atoms with E-state index in [1.54, 1.807) is 0 Å². The molecule has 1 fully saturated rings. The topological polar surface area (TPSA) is 58.4 Å². The molecule has 0 saturated heterocycles. The largest absolute Gasteiger partial charge is 0.355 e. The zero-order chi connectivity index (χ0) is 12.9. The fourth-order valence-corrected chi connectivity index (χ4v) is 2.44. The van der Waals surface area contributed by atoms with E-state index < -0.39 is 0 Å². The van der Waals surface area contributed by atoms with Crippen molar-refractivity contribution < 1.29 is 4.79 Å². The molecule has 0 aromatic rings. The summed E-state index contributed by atoms with van der Waals surface area (Å²) in [5.74, 6) is 0.127. The molecule has 0 aliphatic heterocycles. The average Bonchev–Trinajstić information content (AvgIpc) is 2.27. The number of carbonyl (C=O) groups is 1. The third-order valence-corrected chi connectivity index (χ3v) is 3.90. The first-order valence-corrected chi connectivity index (χ1v) is 6.72. The van der Waals surface area contributed by atoms with Gasteiger partial charge in [0, 0.05) is 18.6 Å². The van der Waals surface area contributed by atoms with Gasteiger partial charge >= 0.3 is 0 Å². The number of nitrogens with one attached hydrogen (secondary N) is 1. The normalized spacial score (nSPS) is 29.4. The highest BCUT2D eigenvalue weighted by atomic mass is 16.1. The molecule has 1 amide bonds. The van der Waals surface area contributed by atoms with Gasteiger partial charge in [-0.05, 0) is 33.4 Å². The Balaban J connectivity index is 2.36. The van der Waals surface area contributed by atoms with E-state index in [4.69, 9.17) is 5.73 Å². The number of nitrogens with zero attached hydrogens (tertiary/aromatic N) is 1. The number of rotatable bonds is 5. The van der Waals surface area contributed by atoms with Crippen molar-refractivity contribution in [1.82, 2.24) is 10.2 Å². The number of nitrogens with two attached hydrogens (primary N) is 1. The maximum absolute atomic E-state index is 12.1. The van der Waals surface area contributed by atoms with E-state index in [0.717, 1.165) is 45.3 Å². The van der Waals surface area contributed by atoms with E-state index in [0.29, 0.717) is 0 Å². The van der Waals surface area contributed by atoms with E-state index in [9.17, 15) is 4.79 Å². The molecule has 2 unspecified atom stereocenters. The summed E-state index contributed by atoms with van der Waals surface area (Å²) in [6.45, 7) is 6.74. The molecule has 0 aromatic carbocycles. The standard InChI is InChI=1S/C13H27N3O/c1-4-16(3)10-9-15-12(17)11-7-5-6-8-13(11,2)14/h11H,4-10,14H2,1-3H3,(H,15,17). The lowest BCUT2D eigenvalue weighted by atomic mass is 9.74. The summed E-state index contributed by atoms with van der Waals surface area (Å²) in [7, 11) is 2.06. The zero-order valence-electron chi connectivity index (χ0n) is 11.5. The summed E-state index contributed by atoms with van der Waals surface area (Å²) < 4.78 is 0. The molecular weight excluding hydrogens is 214 g/mol. The van der Waals surface area contributed by atoms with Gasteiger partial charge < -0.3 is 16.0 Å². The first kappa shape index (κ1) is 14.5. The minimum Gasteiger partial charge on any atom is -0.355 e. The Kier molecular flexibility index (Phi) is 5.40. The molecule has 100 valence electrons. The molecule has 4 nitrogen and oxygen atoms in total. The average molecular weight is 241 g/mol. The minimum absolute atomic E-state index is 0.0109. The van der Waals surface area contributed by atoms with Crippen LogP contribution in [0.15, 0.2) is 0 Å².